The van der Waals surface area contributed by atoms with Gasteiger partial charge < -0.3 is 9.84 Å². The van der Waals surface area contributed by atoms with Crippen LogP contribution in [0.1, 0.15) is 0 Å². The lowest BCUT2D eigenvalue weighted by Gasteiger charge is -2.10. The summed E-state index contributed by atoms with van der Waals surface area (Å²) >= 11 is 0. The van der Waals surface area contributed by atoms with E-state index in [1.165, 1.54) is 25.6 Å². The molecule has 0 aliphatic heterocycles. The van der Waals surface area contributed by atoms with E-state index >= 15 is 0 Å². The highest BCUT2D eigenvalue weighted by Crippen LogP contribution is 2.18. The van der Waals surface area contributed by atoms with Crippen LogP contribution in [0.3, 0.4) is 0 Å². The number of carboxylic acid groups (broad SMARTS) is 1. The molecular formula is C10H11N3O3. The molecule has 0 atom stereocenters. The van der Waals surface area contributed by atoms with E-state index in [0.29, 0.717) is 0 Å². The number of carbonyl (C=O) groups is 1. The van der Waals surface area contributed by atoms with Crippen molar-refractivity contribution in [3.8, 4) is 0 Å². The van der Waals surface area contributed by atoms with Gasteiger partial charge in [0.2, 0.25) is 0 Å². The van der Waals surface area contributed by atoms with Crippen molar-refractivity contribution in [3.63, 3.8) is 0 Å². The van der Waals surface area contributed by atoms with Gasteiger partial charge in [-0.15, -0.1) is 4.80 Å². The number of aromatic nitrogens is 3. The van der Waals surface area contributed by atoms with Gasteiger partial charge in [-0.1, -0.05) is 19.2 Å². The molecule has 6 nitrogen and oxygen atoms in total. The van der Waals surface area contributed by atoms with E-state index in [1.54, 1.807) is 0 Å². The standard InChI is InChI=1S/C10H11N3O3/c1-4-8(10(14)15)9(7(2)16-3)13-11-5-6-12-13/h4-6H,1-2H2,3H3,(H,14,15)/b9-8-. The zero-order valence-corrected chi connectivity index (χ0v) is 8.75. The predicted molar refractivity (Wildman–Crippen MR) is 57.2 cm³/mol. The lowest BCUT2D eigenvalue weighted by Crippen LogP contribution is -2.12. The summed E-state index contributed by atoms with van der Waals surface area (Å²) in [6.07, 6.45) is 4.03. The highest BCUT2D eigenvalue weighted by Gasteiger charge is 2.18. The van der Waals surface area contributed by atoms with Crippen molar-refractivity contribution >= 4 is 11.7 Å². The average Bonchev–Trinajstić information content (AvgIpc) is 2.77. The van der Waals surface area contributed by atoms with Crippen molar-refractivity contribution in [2.24, 2.45) is 0 Å². The van der Waals surface area contributed by atoms with Crippen LogP contribution in [-0.2, 0) is 9.53 Å². The van der Waals surface area contributed by atoms with E-state index < -0.39 is 5.97 Å². The summed E-state index contributed by atoms with van der Waals surface area (Å²) in [5.41, 5.74) is 0.0676. The Kier molecular flexibility index (Phi) is 3.60. The van der Waals surface area contributed by atoms with Gasteiger partial charge in [0.15, 0.2) is 0 Å². The summed E-state index contributed by atoms with van der Waals surface area (Å²) in [5, 5.41) is 16.7. The highest BCUT2D eigenvalue weighted by atomic mass is 16.5. The minimum Gasteiger partial charge on any atom is -0.495 e. The lowest BCUT2D eigenvalue weighted by atomic mass is 10.2. The van der Waals surface area contributed by atoms with Crippen molar-refractivity contribution in [1.29, 1.82) is 0 Å². The van der Waals surface area contributed by atoms with Crippen molar-refractivity contribution < 1.29 is 14.6 Å². The fourth-order valence-electron chi connectivity index (χ4n) is 1.08. The van der Waals surface area contributed by atoms with Gasteiger partial charge >= 0.3 is 5.97 Å². The summed E-state index contributed by atoms with van der Waals surface area (Å²) in [6.45, 7) is 7.01. The molecule has 1 rings (SSSR count). The average molecular weight is 221 g/mol. The van der Waals surface area contributed by atoms with E-state index in [-0.39, 0.29) is 17.0 Å². The number of hydrogen-bond donors (Lipinski definition) is 1. The van der Waals surface area contributed by atoms with Crippen LogP contribution >= 0.6 is 0 Å². The summed E-state index contributed by atoms with van der Waals surface area (Å²) < 4.78 is 4.90. The quantitative estimate of drug-likeness (QED) is 0.454. The Morgan fingerprint density at radius 2 is 2.06 bits per heavy atom. The van der Waals surface area contributed by atoms with Crippen LogP contribution in [0.15, 0.2) is 43.0 Å². The maximum atomic E-state index is 11.0. The molecule has 0 fully saturated rings. The first-order valence-electron chi connectivity index (χ1n) is 4.31. The minimum atomic E-state index is -1.15. The van der Waals surface area contributed by atoms with Crippen molar-refractivity contribution in [2.45, 2.75) is 0 Å². The summed E-state index contributed by atoms with van der Waals surface area (Å²) in [7, 11) is 1.38. The zero-order chi connectivity index (χ0) is 12.1. The third-order valence-corrected chi connectivity index (χ3v) is 1.82. The topological polar surface area (TPSA) is 77.2 Å². The second-order valence-electron chi connectivity index (χ2n) is 2.72. The number of hydrogen-bond acceptors (Lipinski definition) is 4. The molecule has 84 valence electrons. The van der Waals surface area contributed by atoms with E-state index in [1.807, 2.05) is 0 Å². The Hall–Kier alpha value is -2.37. The Balaban J connectivity index is 3.40. The fourth-order valence-corrected chi connectivity index (χ4v) is 1.08. The van der Waals surface area contributed by atoms with Gasteiger partial charge in [-0.05, 0) is 0 Å². The normalized spacial score (nSPS) is 11.6. The molecule has 0 aliphatic rings. The number of methoxy groups -OCH3 is 1. The number of rotatable bonds is 5. The molecule has 0 unspecified atom stereocenters. The highest BCUT2D eigenvalue weighted by molar-refractivity contribution is 5.98. The van der Waals surface area contributed by atoms with Crippen LogP contribution in [-0.4, -0.2) is 33.2 Å². The molecule has 1 N–H and O–H groups in total. The lowest BCUT2D eigenvalue weighted by molar-refractivity contribution is -0.132. The first-order chi connectivity index (χ1) is 7.61. The smallest absolute Gasteiger partial charge is 0.338 e. The van der Waals surface area contributed by atoms with Gasteiger partial charge in [0.05, 0.1) is 25.1 Å². The van der Waals surface area contributed by atoms with E-state index in [2.05, 4.69) is 23.4 Å². The van der Waals surface area contributed by atoms with Gasteiger partial charge in [-0.2, -0.15) is 10.2 Å². The van der Waals surface area contributed by atoms with Crippen LogP contribution < -0.4 is 0 Å². The largest absolute Gasteiger partial charge is 0.495 e. The predicted octanol–water partition coefficient (Wildman–Crippen LogP) is 0.920. The van der Waals surface area contributed by atoms with E-state index in [0.717, 1.165) is 4.80 Å². The molecule has 0 saturated heterocycles. The van der Waals surface area contributed by atoms with Crippen LogP contribution in [0.4, 0.5) is 0 Å². The first-order valence-corrected chi connectivity index (χ1v) is 4.31. The molecular weight excluding hydrogens is 210 g/mol. The molecule has 0 aromatic carbocycles. The van der Waals surface area contributed by atoms with E-state index in [9.17, 15) is 4.79 Å². The molecule has 1 aromatic rings. The van der Waals surface area contributed by atoms with Crippen molar-refractivity contribution in [1.82, 2.24) is 15.0 Å². The Labute approximate surface area is 92.1 Å². The minimum absolute atomic E-state index is 0.0805. The van der Waals surface area contributed by atoms with Crippen LogP contribution in [0.25, 0.3) is 5.70 Å². The van der Waals surface area contributed by atoms with Crippen LogP contribution in [0.5, 0.6) is 0 Å². The van der Waals surface area contributed by atoms with Crippen molar-refractivity contribution in [2.75, 3.05) is 7.11 Å². The number of aliphatic carboxylic acids is 1. The molecule has 0 saturated carbocycles. The third kappa shape index (κ3) is 2.17. The molecule has 0 spiro atoms. The number of ether oxygens (including phenoxy) is 1. The maximum Gasteiger partial charge on any atom is 0.338 e. The summed E-state index contributed by atoms with van der Waals surface area (Å²) in [6, 6.07) is 0. The molecule has 0 amide bonds. The Morgan fingerprint density at radius 1 is 1.50 bits per heavy atom. The molecule has 1 aromatic heterocycles. The van der Waals surface area contributed by atoms with Crippen LogP contribution in [0, 0.1) is 0 Å². The van der Waals surface area contributed by atoms with Gasteiger partial charge in [0.25, 0.3) is 0 Å². The Morgan fingerprint density at radius 3 is 2.44 bits per heavy atom. The van der Waals surface area contributed by atoms with E-state index in [4.69, 9.17) is 9.84 Å². The zero-order valence-electron chi connectivity index (χ0n) is 8.75. The fraction of sp³-hybridized carbons (Fsp3) is 0.100. The van der Waals surface area contributed by atoms with Gasteiger partial charge in [-0.3, -0.25) is 0 Å². The van der Waals surface area contributed by atoms with Gasteiger partial charge in [0.1, 0.15) is 11.5 Å². The maximum absolute atomic E-state index is 11.0. The van der Waals surface area contributed by atoms with Crippen LogP contribution in [0.2, 0.25) is 0 Å². The first kappa shape index (κ1) is 11.7. The molecule has 0 radical (unpaired) electrons. The monoisotopic (exact) mass is 221 g/mol. The summed E-state index contributed by atoms with van der Waals surface area (Å²) in [4.78, 5) is 12.1. The summed E-state index contributed by atoms with van der Waals surface area (Å²) in [5.74, 6) is -1.01. The second kappa shape index (κ2) is 4.92. The molecule has 0 bridgehead atoms. The number of carboxylic acids is 1. The number of allylic oxidation sites excluding steroid dienone is 1. The van der Waals surface area contributed by atoms with Crippen molar-refractivity contribution in [3.05, 3.63) is 43.0 Å². The van der Waals surface area contributed by atoms with Gasteiger partial charge in [-0.25, -0.2) is 4.79 Å². The molecule has 16 heavy (non-hydrogen) atoms. The molecule has 0 aliphatic carbocycles. The molecule has 6 heteroatoms. The number of nitrogens with zero attached hydrogens (tertiary/aromatic N) is 3. The van der Waals surface area contributed by atoms with Gasteiger partial charge in [0, 0.05) is 0 Å². The Bertz CT molecular complexity index is 446. The molecule has 1 heterocycles. The third-order valence-electron chi connectivity index (χ3n) is 1.82. The second-order valence-corrected chi connectivity index (χ2v) is 2.72. The SMILES string of the molecule is C=C/C(C(=O)O)=C(\C(=C)OC)n1nccn1.